The molecule has 2 saturated heterocycles. The van der Waals surface area contributed by atoms with Gasteiger partial charge in [-0.15, -0.1) is 10.2 Å². The molecule has 2 fully saturated rings. The maximum atomic E-state index is 12.5. The van der Waals surface area contributed by atoms with Gasteiger partial charge in [0, 0.05) is 25.9 Å². The maximum Gasteiger partial charge on any atom is 0.311 e. The smallest absolute Gasteiger partial charge is 0.311 e. The molecule has 0 saturated carbocycles. The average Bonchev–Trinajstić information content (AvgIpc) is 3.26. The van der Waals surface area contributed by atoms with E-state index < -0.39 is 5.79 Å². The molecule has 3 heterocycles. The number of hydrogen-bond acceptors (Lipinski definition) is 6. The minimum absolute atomic E-state index is 0.0464. The summed E-state index contributed by atoms with van der Waals surface area (Å²) in [7, 11) is 0. The van der Waals surface area contributed by atoms with E-state index in [2.05, 4.69) is 10.2 Å². The Bertz CT molecular complexity index is 700. The highest BCUT2D eigenvalue weighted by Gasteiger charge is 2.41. The number of benzene rings is 1. The molecule has 2 aromatic rings. The number of aromatic nitrogens is 2. The minimum atomic E-state index is -0.496. The van der Waals surface area contributed by atoms with Crippen LogP contribution >= 0.6 is 0 Å². The van der Waals surface area contributed by atoms with Gasteiger partial charge in [-0.25, -0.2) is 0 Å². The van der Waals surface area contributed by atoms with Gasteiger partial charge in [-0.2, -0.15) is 0 Å². The van der Waals surface area contributed by atoms with Gasteiger partial charge in [-0.1, -0.05) is 30.3 Å². The molecule has 0 atom stereocenters. The third kappa shape index (κ3) is 3.05. The SMILES string of the molecule is O=C(c1nnc(Cc2ccccc2)o1)N1CCC2(CC1)OCCO2. The zero-order chi connectivity index (χ0) is 16.4. The van der Waals surface area contributed by atoms with E-state index in [9.17, 15) is 4.79 Å². The second-order valence-electron chi connectivity index (χ2n) is 6.06. The van der Waals surface area contributed by atoms with Gasteiger partial charge in [0.2, 0.25) is 5.89 Å². The van der Waals surface area contributed by atoms with E-state index in [1.165, 1.54) is 0 Å². The molecule has 7 nitrogen and oxygen atoms in total. The fourth-order valence-corrected chi connectivity index (χ4v) is 3.15. The zero-order valence-corrected chi connectivity index (χ0v) is 13.3. The average molecular weight is 329 g/mol. The Hall–Kier alpha value is -2.25. The quantitative estimate of drug-likeness (QED) is 0.852. The van der Waals surface area contributed by atoms with Gasteiger partial charge in [0.15, 0.2) is 5.79 Å². The predicted octanol–water partition coefficient (Wildman–Crippen LogP) is 1.64. The topological polar surface area (TPSA) is 77.7 Å². The number of likely N-dealkylation sites (tertiary alicyclic amines) is 1. The van der Waals surface area contributed by atoms with Crippen molar-refractivity contribution in [2.75, 3.05) is 26.3 Å². The number of carbonyl (C=O) groups is 1. The fraction of sp³-hybridized carbons (Fsp3) is 0.471. The summed E-state index contributed by atoms with van der Waals surface area (Å²) in [6.45, 7) is 2.38. The van der Waals surface area contributed by atoms with E-state index in [4.69, 9.17) is 13.9 Å². The highest BCUT2D eigenvalue weighted by molar-refractivity contribution is 5.89. The van der Waals surface area contributed by atoms with Crippen LogP contribution in [0.4, 0.5) is 0 Å². The fourth-order valence-electron chi connectivity index (χ4n) is 3.15. The van der Waals surface area contributed by atoms with Crippen LogP contribution in [-0.2, 0) is 15.9 Å². The lowest BCUT2D eigenvalue weighted by Gasteiger charge is -2.36. The Balaban J connectivity index is 1.38. The van der Waals surface area contributed by atoms with Crippen molar-refractivity contribution in [3.8, 4) is 0 Å². The van der Waals surface area contributed by atoms with Gasteiger partial charge in [-0.05, 0) is 5.56 Å². The molecule has 0 unspecified atom stereocenters. The second kappa shape index (κ2) is 6.33. The highest BCUT2D eigenvalue weighted by Crippen LogP contribution is 2.31. The van der Waals surface area contributed by atoms with Crippen molar-refractivity contribution in [3.63, 3.8) is 0 Å². The lowest BCUT2D eigenvalue weighted by Crippen LogP contribution is -2.47. The third-order valence-electron chi connectivity index (χ3n) is 4.47. The van der Waals surface area contributed by atoms with Crippen molar-refractivity contribution >= 4 is 5.91 Å². The van der Waals surface area contributed by atoms with E-state index in [-0.39, 0.29) is 11.8 Å². The van der Waals surface area contributed by atoms with Crippen molar-refractivity contribution in [2.24, 2.45) is 0 Å². The first-order valence-electron chi connectivity index (χ1n) is 8.18. The lowest BCUT2D eigenvalue weighted by atomic mass is 10.0. The molecule has 7 heteroatoms. The monoisotopic (exact) mass is 329 g/mol. The molecular weight excluding hydrogens is 310 g/mol. The van der Waals surface area contributed by atoms with Crippen LogP contribution in [0.5, 0.6) is 0 Å². The molecule has 1 aromatic carbocycles. The van der Waals surface area contributed by atoms with Crippen molar-refractivity contribution < 1.29 is 18.7 Å². The summed E-state index contributed by atoms with van der Waals surface area (Å²) in [6, 6.07) is 9.82. The summed E-state index contributed by atoms with van der Waals surface area (Å²) in [5.41, 5.74) is 1.07. The summed E-state index contributed by atoms with van der Waals surface area (Å²) in [6.07, 6.45) is 1.86. The summed E-state index contributed by atoms with van der Waals surface area (Å²) >= 11 is 0. The van der Waals surface area contributed by atoms with Crippen LogP contribution in [0.2, 0.25) is 0 Å². The number of piperidine rings is 1. The largest absolute Gasteiger partial charge is 0.417 e. The lowest BCUT2D eigenvalue weighted by molar-refractivity contribution is -0.181. The van der Waals surface area contributed by atoms with Crippen molar-refractivity contribution in [3.05, 3.63) is 47.7 Å². The van der Waals surface area contributed by atoms with Crippen LogP contribution < -0.4 is 0 Å². The van der Waals surface area contributed by atoms with Crippen molar-refractivity contribution in [1.29, 1.82) is 0 Å². The molecule has 0 aliphatic carbocycles. The Labute approximate surface area is 139 Å². The van der Waals surface area contributed by atoms with E-state index in [1.807, 2.05) is 30.3 Å². The minimum Gasteiger partial charge on any atom is -0.417 e. The molecule has 2 aliphatic heterocycles. The van der Waals surface area contributed by atoms with Crippen molar-refractivity contribution in [1.82, 2.24) is 15.1 Å². The van der Waals surface area contributed by atoms with Gasteiger partial charge < -0.3 is 18.8 Å². The van der Waals surface area contributed by atoms with Crippen molar-refractivity contribution in [2.45, 2.75) is 25.0 Å². The van der Waals surface area contributed by atoms with Gasteiger partial charge >= 0.3 is 11.8 Å². The summed E-state index contributed by atoms with van der Waals surface area (Å²) in [5.74, 6) is -0.232. The predicted molar refractivity (Wildman–Crippen MR) is 83.3 cm³/mol. The molecule has 2 aliphatic rings. The van der Waals surface area contributed by atoms with Crippen LogP contribution in [-0.4, -0.2) is 53.1 Å². The third-order valence-corrected chi connectivity index (χ3v) is 4.47. The van der Waals surface area contributed by atoms with Crippen LogP contribution in [0.3, 0.4) is 0 Å². The van der Waals surface area contributed by atoms with Gasteiger partial charge in [-0.3, -0.25) is 4.79 Å². The molecule has 1 amide bonds. The standard InChI is InChI=1S/C17H19N3O4/c21-16(20-8-6-17(7-9-20)22-10-11-23-17)15-19-18-14(24-15)12-13-4-2-1-3-5-13/h1-5H,6-12H2. The molecule has 0 N–H and O–H groups in total. The Morgan fingerprint density at radius 3 is 2.50 bits per heavy atom. The van der Waals surface area contributed by atoms with Gasteiger partial charge in [0.1, 0.15) is 0 Å². The summed E-state index contributed by atoms with van der Waals surface area (Å²) in [5, 5.41) is 7.89. The molecule has 1 aromatic heterocycles. The zero-order valence-electron chi connectivity index (χ0n) is 13.3. The summed E-state index contributed by atoms with van der Waals surface area (Å²) < 4.78 is 16.9. The molecule has 24 heavy (non-hydrogen) atoms. The van der Waals surface area contributed by atoms with E-state index >= 15 is 0 Å². The van der Waals surface area contributed by atoms with Crippen LogP contribution in [0.25, 0.3) is 0 Å². The van der Waals surface area contributed by atoms with E-state index in [1.54, 1.807) is 4.90 Å². The molecular formula is C17H19N3O4. The van der Waals surface area contributed by atoms with Crippen LogP contribution in [0, 0.1) is 0 Å². The molecule has 0 bridgehead atoms. The Kier molecular flexibility index (Phi) is 4.03. The highest BCUT2D eigenvalue weighted by atomic mass is 16.7. The molecule has 1 spiro atoms. The number of rotatable bonds is 3. The molecule has 126 valence electrons. The number of hydrogen-bond donors (Lipinski definition) is 0. The van der Waals surface area contributed by atoms with Crippen LogP contribution in [0.15, 0.2) is 34.7 Å². The first-order valence-corrected chi connectivity index (χ1v) is 8.18. The molecule has 4 rings (SSSR count). The van der Waals surface area contributed by atoms with E-state index in [0.29, 0.717) is 51.5 Å². The Morgan fingerprint density at radius 2 is 1.79 bits per heavy atom. The molecule has 0 radical (unpaired) electrons. The number of carbonyl (C=O) groups excluding carboxylic acids is 1. The number of ether oxygens (including phenoxy) is 2. The first-order chi connectivity index (χ1) is 11.7. The number of amides is 1. The number of nitrogens with zero attached hydrogens (tertiary/aromatic N) is 3. The van der Waals surface area contributed by atoms with Gasteiger partial charge in [0.05, 0.1) is 19.6 Å². The second-order valence-corrected chi connectivity index (χ2v) is 6.06. The van der Waals surface area contributed by atoms with Crippen LogP contribution in [0.1, 0.15) is 35.0 Å². The summed E-state index contributed by atoms with van der Waals surface area (Å²) in [4.78, 5) is 14.2. The Morgan fingerprint density at radius 1 is 1.08 bits per heavy atom. The van der Waals surface area contributed by atoms with E-state index in [0.717, 1.165) is 5.56 Å². The first kappa shape index (κ1) is 15.3. The maximum absolute atomic E-state index is 12.5. The van der Waals surface area contributed by atoms with Gasteiger partial charge in [0.25, 0.3) is 0 Å². The normalized spacial score (nSPS) is 19.8.